The number of nitrogens with zero attached hydrogens (tertiary/aromatic N) is 3. The van der Waals surface area contributed by atoms with Crippen LogP contribution in [0, 0.1) is 5.41 Å². The van der Waals surface area contributed by atoms with E-state index in [0.29, 0.717) is 5.52 Å². The topological polar surface area (TPSA) is 94.4 Å². The van der Waals surface area contributed by atoms with Crippen LogP contribution < -0.4 is 16.8 Å². The first-order valence-electron chi connectivity index (χ1n) is 5.49. The van der Waals surface area contributed by atoms with Gasteiger partial charge in [-0.1, -0.05) is 0 Å². The van der Waals surface area contributed by atoms with Gasteiger partial charge in [-0.05, 0) is 19.9 Å². The molecule has 0 radical (unpaired) electrons. The first kappa shape index (κ1) is 12.3. The quantitative estimate of drug-likeness (QED) is 0.436. The molecule has 1 amide bonds. The highest BCUT2D eigenvalue weighted by molar-refractivity contribution is 5.81. The molecule has 7 nitrogen and oxygen atoms in total. The SMILES string of the molecule is CC(C)(Cn1ccn2nccc2c1=O)C(=O)NN. The molecule has 0 spiro atoms. The highest BCUT2D eigenvalue weighted by atomic mass is 16.2. The van der Waals surface area contributed by atoms with E-state index in [0.717, 1.165) is 0 Å². The average Bonchev–Trinajstić information content (AvgIpc) is 2.80. The molecule has 0 aliphatic heterocycles. The Hall–Kier alpha value is -2.15. The zero-order valence-electron chi connectivity index (χ0n) is 10.3. The van der Waals surface area contributed by atoms with E-state index >= 15 is 0 Å². The van der Waals surface area contributed by atoms with Crippen LogP contribution in [-0.2, 0) is 11.3 Å². The van der Waals surface area contributed by atoms with Crippen LogP contribution in [-0.4, -0.2) is 20.1 Å². The van der Waals surface area contributed by atoms with Crippen molar-refractivity contribution in [2.45, 2.75) is 20.4 Å². The van der Waals surface area contributed by atoms with Crippen LogP contribution in [0.15, 0.2) is 29.5 Å². The highest BCUT2D eigenvalue weighted by Crippen LogP contribution is 2.17. The van der Waals surface area contributed by atoms with Gasteiger partial charge in [0, 0.05) is 18.9 Å². The second kappa shape index (κ2) is 4.26. The fourth-order valence-electron chi connectivity index (χ4n) is 1.78. The number of hydrogen-bond donors (Lipinski definition) is 2. The minimum atomic E-state index is -0.767. The Labute approximate surface area is 103 Å². The molecule has 0 aromatic carbocycles. The third-order valence-corrected chi connectivity index (χ3v) is 2.85. The lowest BCUT2D eigenvalue weighted by atomic mass is 9.92. The molecule has 0 aliphatic carbocycles. The molecular weight excluding hydrogens is 234 g/mol. The molecule has 3 N–H and O–H groups in total. The second-order valence-electron chi connectivity index (χ2n) is 4.75. The van der Waals surface area contributed by atoms with Crippen molar-refractivity contribution in [3.63, 3.8) is 0 Å². The molecule has 2 aromatic rings. The highest BCUT2D eigenvalue weighted by Gasteiger charge is 2.28. The van der Waals surface area contributed by atoms with E-state index in [-0.39, 0.29) is 18.0 Å². The fraction of sp³-hybridized carbons (Fsp3) is 0.364. The number of nitrogens with two attached hydrogens (primary N) is 1. The molecule has 0 fully saturated rings. The monoisotopic (exact) mass is 249 g/mol. The van der Waals surface area contributed by atoms with Crippen molar-refractivity contribution in [2.75, 3.05) is 0 Å². The van der Waals surface area contributed by atoms with Crippen LogP contribution in [0.4, 0.5) is 0 Å². The normalized spacial score (nSPS) is 11.7. The van der Waals surface area contributed by atoms with Crippen LogP contribution in [0.1, 0.15) is 13.8 Å². The van der Waals surface area contributed by atoms with Gasteiger partial charge in [-0.15, -0.1) is 0 Å². The summed E-state index contributed by atoms with van der Waals surface area (Å²) in [7, 11) is 0. The smallest absolute Gasteiger partial charge is 0.276 e. The number of nitrogens with one attached hydrogen (secondary N) is 1. The predicted octanol–water partition coefficient (Wildman–Crippen LogP) is -0.488. The van der Waals surface area contributed by atoms with Gasteiger partial charge in [0.05, 0.1) is 11.6 Å². The Kier molecular flexibility index (Phi) is 2.92. The summed E-state index contributed by atoms with van der Waals surface area (Å²) in [6, 6.07) is 1.63. The number of amides is 1. The molecule has 18 heavy (non-hydrogen) atoms. The van der Waals surface area contributed by atoms with Gasteiger partial charge in [0.1, 0.15) is 5.52 Å². The minimum Gasteiger partial charge on any atom is -0.311 e. The molecule has 0 bridgehead atoms. The molecule has 2 rings (SSSR count). The molecule has 0 atom stereocenters. The van der Waals surface area contributed by atoms with Gasteiger partial charge in [0.2, 0.25) is 5.91 Å². The Morgan fingerprint density at radius 2 is 2.22 bits per heavy atom. The van der Waals surface area contributed by atoms with Crippen molar-refractivity contribution >= 4 is 11.4 Å². The lowest BCUT2D eigenvalue weighted by molar-refractivity contribution is -0.130. The first-order chi connectivity index (χ1) is 8.45. The third-order valence-electron chi connectivity index (χ3n) is 2.85. The van der Waals surface area contributed by atoms with Crippen molar-refractivity contribution in [2.24, 2.45) is 11.3 Å². The summed E-state index contributed by atoms with van der Waals surface area (Å²) in [6.07, 6.45) is 4.83. The Bertz CT molecular complexity index is 640. The minimum absolute atomic E-state index is 0.187. The van der Waals surface area contributed by atoms with E-state index in [2.05, 4.69) is 10.5 Å². The van der Waals surface area contributed by atoms with Gasteiger partial charge in [0.25, 0.3) is 5.56 Å². The van der Waals surface area contributed by atoms with Gasteiger partial charge in [-0.25, -0.2) is 10.4 Å². The average molecular weight is 249 g/mol. The molecule has 0 unspecified atom stereocenters. The van der Waals surface area contributed by atoms with Crippen molar-refractivity contribution in [1.29, 1.82) is 0 Å². The lowest BCUT2D eigenvalue weighted by Gasteiger charge is -2.23. The fourth-order valence-corrected chi connectivity index (χ4v) is 1.78. The summed E-state index contributed by atoms with van der Waals surface area (Å²) in [5, 5.41) is 3.97. The summed E-state index contributed by atoms with van der Waals surface area (Å²) in [4.78, 5) is 23.7. The number of fused-ring (bicyclic) bond motifs is 1. The lowest BCUT2D eigenvalue weighted by Crippen LogP contribution is -2.44. The standard InChI is InChI=1S/C11H15N5O2/c1-11(2,10(18)14-12)7-15-5-6-16-8(9(15)17)3-4-13-16/h3-6H,7,12H2,1-2H3,(H,14,18). The van der Waals surface area contributed by atoms with Crippen molar-refractivity contribution in [3.05, 3.63) is 35.0 Å². The summed E-state index contributed by atoms with van der Waals surface area (Å²) in [5.41, 5.74) is 1.62. The largest absolute Gasteiger partial charge is 0.311 e. The number of carbonyl (C=O) groups is 1. The maximum Gasteiger partial charge on any atom is 0.276 e. The van der Waals surface area contributed by atoms with E-state index in [9.17, 15) is 9.59 Å². The molecule has 0 aliphatic rings. The van der Waals surface area contributed by atoms with Crippen molar-refractivity contribution in [1.82, 2.24) is 19.6 Å². The Balaban J connectivity index is 2.41. The maximum absolute atomic E-state index is 12.1. The van der Waals surface area contributed by atoms with Gasteiger partial charge in [-0.3, -0.25) is 15.0 Å². The number of carbonyl (C=O) groups excluding carboxylic acids is 1. The van der Waals surface area contributed by atoms with Gasteiger partial charge < -0.3 is 4.57 Å². The van der Waals surface area contributed by atoms with Crippen LogP contribution in [0.3, 0.4) is 0 Å². The molecule has 96 valence electrons. The van der Waals surface area contributed by atoms with Crippen molar-refractivity contribution < 1.29 is 4.79 Å². The zero-order chi connectivity index (χ0) is 13.3. The predicted molar refractivity (Wildman–Crippen MR) is 65.6 cm³/mol. The summed E-state index contributed by atoms with van der Waals surface area (Å²) < 4.78 is 2.97. The second-order valence-corrected chi connectivity index (χ2v) is 4.75. The number of rotatable bonds is 3. The molecule has 7 heteroatoms. The molecule has 0 saturated carbocycles. The Morgan fingerprint density at radius 3 is 2.89 bits per heavy atom. The summed E-state index contributed by atoms with van der Waals surface area (Å²) in [6.45, 7) is 3.70. The number of aromatic nitrogens is 3. The zero-order valence-corrected chi connectivity index (χ0v) is 10.3. The van der Waals surface area contributed by atoms with Gasteiger partial charge in [-0.2, -0.15) is 5.10 Å². The first-order valence-corrected chi connectivity index (χ1v) is 5.49. The van der Waals surface area contributed by atoms with Gasteiger partial charge in [0.15, 0.2) is 0 Å². The van der Waals surface area contributed by atoms with Crippen LogP contribution in [0.5, 0.6) is 0 Å². The number of hydrogen-bond acceptors (Lipinski definition) is 4. The molecule has 2 heterocycles. The summed E-state index contributed by atoms with van der Waals surface area (Å²) >= 11 is 0. The summed E-state index contributed by atoms with van der Waals surface area (Å²) in [5.74, 6) is 4.81. The van der Waals surface area contributed by atoms with E-state index in [1.807, 2.05) is 0 Å². The van der Waals surface area contributed by atoms with Gasteiger partial charge >= 0.3 is 0 Å². The van der Waals surface area contributed by atoms with E-state index in [4.69, 9.17) is 5.84 Å². The molecule has 0 saturated heterocycles. The third kappa shape index (κ3) is 2.00. The number of hydrazine groups is 1. The van der Waals surface area contributed by atoms with E-state index in [1.165, 1.54) is 9.08 Å². The van der Waals surface area contributed by atoms with E-state index in [1.54, 1.807) is 38.5 Å². The maximum atomic E-state index is 12.1. The molecule has 2 aromatic heterocycles. The van der Waals surface area contributed by atoms with Crippen LogP contribution in [0.2, 0.25) is 0 Å². The Morgan fingerprint density at radius 1 is 1.50 bits per heavy atom. The van der Waals surface area contributed by atoms with E-state index < -0.39 is 5.41 Å². The van der Waals surface area contributed by atoms with Crippen LogP contribution in [0.25, 0.3) is 5.52 Å². The van der Waals surface area contributed by atoms with Crippen LogP contribution >= 0.6 is 0 Å². The van der Waals surface area contributed by atoms with Crippen molar-refractivity contribution in [3.8, 4) is 0 Å². The molecular formula is C11H15N5O2.